The van der Waals surface area contributed by atoms with Crippen LogP contribution in [0.3, 0.4) is 0 Å². The minimum absolute atomic E-state index is 0.0943. The highest BCUT2D eigenvalue weighted by molar-refractivity contribution is 7.88. The molecule has 0 spiro atoms. The third-order valence-corrected chi connectivity index (χ3v) is 4.79. The Balaban J connectivity index is 1.78. The van der Waals surface area contributed by atoms with Gasteiger partial charge >= 0.3 is 0 Å². The Kier molecular flexibility index (Phi) is 4.56. The Hall–Kier alpha value is -1.64. The number of hydrogen-bond acceptors (Lipinski definition) is 5. The van der Waals surface area contributed by atoms with Gasteiger partial charge in [0.15, 0.2) is 0 Å². The van der Waals surface area contributed by atoms with Gasteiger partial charge in [-0.05, 0) is 31.5 Å². The number of nitrogens with zero attached hydrogens (tertiary/aromatic N) is 3. The Morgan fingerprint density at radius 2 is 2.22 bits per heavy atom. The van der Waals surface area contributed by atoms with E-state index in [1.165, 1.54) is 6.26 Å². The first kappa shape index (κ1) is 16.2. The van der Waals surface area contributed by atoms with E-state index in [9.17, 15) is 8.42 Å². The lowest BCUT2D eigenvalue weighted by Crippen LogP contribution is -2.42. The van der Waals surface area contributed by atoms with Crippen LogP contribution >= 0.6 is 0 Å². The zero-order chi connectivity index (χ0) is 16.4. The molecule has 0 fully saturated rings. The highest BCUT2D eigenvalue weighted by atomic mass is 32.2. The van der Waals surface area contributed by atoms with E-state index in [0.717, 1.165) is 36.7 Å². The van der Waals surface area contributed by atoms with Crippen molar-refractivity contribution in [2.24, 2.45) is 0 Å². The van der Waals surface area contributed by atoms with E-state index in [1.54, 1.807) is 6.20 Å². The molecule has 7 nitrogen and oxygen atoms in total. The van der Waals surface area contributed by atoms with Crippen molar-refractivity contribution >= 4 is 10.0 Å². The molecule has 1 aliphatic rings. The number of hydrogen-bond donors (Lipinski definition) is 1. The van der Waals surface area contributed by atoms with Gasteiger partial charge in [-0.15, -0.1) is 0 Å². The maximum atomic E-state index is 11.4. The second-order valence-electron chi connectivity index (χ2n) is 6.03. The minimum Gasteiger partial charge on any atom is -0.465 e. The predicted octanol–water partition coefficient (Wildman–Crippen LogP) is 1.11. The van der Waals surface area contributed by atoms with Crippen LogP contribution in [0.15, 0.2) is 28.8 Å². The van der Waals surface area contributed by atoms with Crippen molar-refractivity contribution in [2.75, 3.05) is 12.8 Å². The lowest BCUT2D eigenvalue weighted by Gasteiger charge is -2.28. The van der Waals surface area contributed by atoms with E-state index in [0.29, 0.717) is 13.1 Å². The standard InChI is InChI=1S/C15H22N4O3S/c1-12-3-4-15(22-12)11-18-10-14-5-7-16-19(14)8-6-13(18)9-17-23(2,20)21/h3-5,7,13,17H,6,8-11H2,1-2H3. The molecule has 0 amide bonds. The van der Waals surface area contributed by atoms with Gasteiger partial charge in [0.05, 0.1) is 18.5 Å². The number of aryl methyl sites for hydroxylation is 2. The number of nitrogens with one attached hydrogen (secondary N) is 1. The van der Waals surface area contributed by atoms with E-state index in [4.69, 9.17) is 4.42 Å². The largest absolute Gasteiger partial charge is 0.465 e. The average molecular weight is 338 g/mol. The molecule has 0 saturated heterocycles. The average Bonchev–Trinajstić information content (AvgIpc) is 3.03. The first-order valence-electron chi connectivity index (χ1n) is 7.65. The molecule has 3 heterocycles. The smallest absolute Gasteiger partial charge is 0.208 e. The summed E-state index contributed by atoms with van der Waals surface area (Å²) >= 11 is 0. The lowest BCUT2D eigenvalue weighted by atomic mass is 10.1. The fourth-order valence-electron chi connectivity index (χ4n) is 2.92. The molecule has 0 aliphatic carbocycles. The van der Waals surface area contributed by atoms with Gasteiger partial charge in [-0.2, -0.15) is 5.10 Å². The molecule has 1 aliphatic heterocycles. The van der Waals surface area contributed by atoms with Crippen LogP contribution in [0.5, 0.6) is 0 Å². The van der Waals surface area contributed by atoms with Crippen LogP contribution in [0.2, 0.25) is 0 Å². The summed E-state index contributed by atoms with van der Waals surface area (Å²) in [5.41, 5.74) is 1.13. The van der Waals surface area contributed by atoms with E-state index in [1.807, 2.05) is 29.8 Å². The van der Waals surface area contributed by atoms with Crippen molar-refractivity contribution in [3.8, 4) is 0 Å². The fraction of sp³-hybridized carbons (Fsp3) is 0.533. The number of rotatable bonds is 5. The Morgan fingerprint density at radius 1 is 1.39 bits per heavy atom. The molecule has 2 aromatic rings. The molecule has 0 saturated carbocycles. The summed E-state index contributed by atoms with van der Waals surface area (Å²) in [6.45, 7) is 4.46. The van der Waals surface area contributed by atoms with E-state index in [2.05, 4.69) is 14.7 Å². The summed E-state index contributed by atoms with van der Waals surface area (Å²) in [6.07, 6.45) is 3.82. The molecule has 1 N–H and O–H groups in total. The summed E-state index contributed by atoms with van der Waals surface area (Å²) in [5.74, 6) is 1.77. The van der Waals surface area contributed by atoms with Crippen LogP contribution in [0.25, 0.3) is 0 Å². The van der Waals surface area contributed by atoms with Crippen LogP contribution in [0.1, 0.15) is 23.6 Å². The van der Waals surface area contributed by atoms with Crippen molar-refractivity contribution in [2.45, 2.75) is 39.0 Å². The van der Waals surface area contributed by atoms with Crippen molar-refractivity contribution in [1.29, 1.82) is 0 Å². The fourth-order valence-corrected chi connectivity index (χ4v) is 3.42. The van der Waals surface area contributed by atoms with Crippen molar-refractivity contribution in [1.82, 2.24) is 19.4 Å². The van der Waals surface area contributed by atoms with Crippen LogP contribution < -0.4 is 4.72 Å². The second-order valence-corrected chi connectivity index (χ2v) is 7.86. The van der Waals surface area contributed by atoms with Crippen LogP contribution in [-0.4, -0.2) is 41.9 Å². The molecule has 8 heteroatoms. The molecule has 23 heavy (non-hydrogen) atoms. The van der Waals surface area contributed by atoms with Crippen molar-refractivity contribution < 1.29 is 12.8 Å². The van der Waals surface area contributed by atoms with Crippen molar-refractivity contribution in [3.05, 3.63) is 41.6 Å². The quantitative estimate of drug-likeness (QED) is 0.883. The monoisotopic (exact) mass is 338 g/mol. The number of sulfonamides is 1. The van der Waals surface area contributed by atoms with Gasteiger partial charge in [0, 0.05) is 31.9 Å². The number of fused-ring (bicyclic) bond motifs is 1. The summed E-state index contributed by atoms with van der Waals surface area (Å²) in [4.78, 5) is 2.25. The van der Waals surface area contributed by atoms with E-state index < -0.39 is 10.0 Å². The Bertz CT molecular complexity index is 765. The van der Waals surface area contributed by atoms with Crippen LogP contribution in [0, 0.1) is 6.92 Å². The zero-order valence-corrected chi connectivity index (χ0v) is 14.2. The van der Waals surface area contributed by atoms with Gasteiger partial charge in [0.1, 0.15) is 11.5 Å². The third kappa shape index (κ3) is 4.21. The van der Waals surface area contributed by atoms with E-state index in [-0.39, 0.29) is 6.04 Å². The van der Waals surface area contributed by atoms with Gasteiger partial charge in [-0.3, -0.25) is 9.58 Å². The number of aromatic nitrogens is 2. The van der Waals surface area contributed by atoms with Crippen LogP contribution in [0.4, 0.5) is 0 Å². The third-order valence-electron chi connectivity index (χ3n) is 4.10. The molecule has 0 radical (unpaired) electrons. The lowest BCUT2D eigenvalue weighted by molar-refractivity contribution is 0.163. The first-order chi connectivity index (χ1) is 10.9. The van der Waals surface area contributed by atoms with E-state index >= 15 is 0 Å². The summed E-state index contributed by atoms with van der Waals surface area (Å²) < 4.78 is 33.2. The highest BCUT2D eigenvalue weighted by Gasteiger charge is 2.25. The maximum absolute atomic E-state index is 11.4. The molecular weight excluding hydrogens is 316 g/mol. The Labute approximate surface area is 136 Å². The zero-order valence-electron chi connectivity index (χ0n) is 13.4. The number of furan rings is 1. The normalized spacial score (nSPS) is 19.5. The van der Waals surface area contributed by atoms with Gasteiger partial charge in [0.2, 0.25) is 10.0 Å². The van der Waals surface area contributed by atoms with Gasteiger partial charge in [0.25, 0.3) is 0 Å². The van der Waals surface area contributed by atoms with Gasteiger partial charge in [-0.25, -0.2) is 13.1 Å². The van der Waals surface area contributed by atoms with Crippen molar-refractivity contribution in [3.63, 3.8) is 0 Å². The first-order valence-corrected chi connectivity index (χ1v) is 9.54. The molecule has 0 bridgehead atoms. The molecule has 0 aromatic carbocycles. The highest BCUT2D eigenvalue weighted by Crippen LogP contribution is 2.20. The van der Waals surface area contributed by atoms with Gasteiger partial charge < -0.3 is 4.42 Å². The molecular formula is C15H22N4O3S. The maximum Gasteiger partial charge on any atom is 0.208 e. The Morgan fingerprint density at radius 3 is 2.91 bits per heavy atom. The molecule has 126 valence electrons. The molecule has 2 aromatic heterocycles. The van der Waals surface area contributed by atoms with Gasteiger partial charge in [-0.1, -0.05) is 0 Å². The second kappa shape index (κ2) is 6.46. The SMILES string of the molecule is Cc1ccc(CN2Cc3ccnn3CCC2CNS(C)(=O)=O)o1. The molecule has 3 rings (SSSR count). The summed E-state index contributed by atoms with van der Waals surface area (Å²) in [7, 11) is -3.20. The van der Waals surface area contributed by atoms with Crippen LogP contribution in [-0.2, 0) is 29.7 Å². The molecule has 1 atom stereocenters. The summed E-state index contributed by atoms with van der Waals surface area (Å²) in [6, 6.07) is 6.02. The minimum atomic E-state index is -3.20. The predicted molar refractivity (Wildman–Crippen MR) is 86.2 cm³/mol. The topological polar surface area (TPSA) is 80.4 Å². The summed E-state index contributed by atoms with van der Waals surface area (Å²) in [5, 5.41) is 4.33. The molecule has 1 unspecified atom stereocenters.